The molecular formula is C16H23NO3S. The summed E-state index contributed by atoms with van der Waals surface area (Å²) in [6.45, 7) is 7.73. The van der Waals surface area contributed by atoms with Crippen LogP contribution in [0.1, 0.15) is 39.3 Å². The summed E-state index contributed by atoms with van der Waals surface area (Å²) < 4.78 is -0.00199. The van der Waals surface area contributed by atoms with Crippen molar-refractivity contribution in [3.63, 3.8) is 0 Å². The molecule has 21 heavy (non-hydrogen) atoms. The van der Waals surface area contributed by atoms with Crippen molar-refractivity contribution >= 4 is 23.6 Å². The van der Waals surface area contributed by atoms with E-state index >= 15 is 0 Å². The molecule has 0 aromatic heterocycles. The summed E-state index contributed by atoms with van der Waals surface area (Å²) in [6, 6.07) is 8.70. The van der Waals surface area contributed by atoms with Gasteiger partial charge >= 0.3 is 5.97 Å². The van der Waals surface area contributed by atoms with Crippen LogP contribution >= 0.6 is 11.8 Å². The third-order valence-corrected chi connectivity index (χ3v) is 4.27. The second kappa shape index (κ2) is 7.50. The molecule has 116 valence electrons. The highest BCUT2D eigenvalue weighted by atomic mass is 32.2. The Labute approximate surface area is 130 Å². The number of carboxylic acids is 1. The van der Waals surface area contributed by atoms with E-state index in [4.69, 9.17) is 0 Å². The van der Waals surface area contributed by atoms with Gasteiger partial charge < -0.3 is 10.4 Å². The zero-order valence-corrected chi connectivity index (χ0v) is 13.7. The molecule has 0 radical (unpaired) electrons. The zero-order valence-electron chi connectivity index (χ0n) is 12.9. The van der Waals surface area contributed by atoms with Gasteiger partial charge in [0.1, 0.15) is 0 Å². The largest absolute Gasteiger partial charge is 0.481 e. The Hall–Kier alpha value is -1.49. The van der Waals surface area contributed by atoms with Crippen LogP contribution in [0.15, 0.2) is 30.3 Å². The quantitative estimate of drug-likeness (QED) is 0.847. The molecule has 0 bridgehead atoms. The number of rotatable bonds is 6. The van der Waals surface area contributed by atoms with Crippen LogP contribution in [0.4, 0.5) is 0 Å². The molecule has 2 atom stereocenters. The predicted molar refractivity (Wildman–Crippen MR) is 86.3 cm³/mol. The van der Waals surface area contributed by atoms with Crippen LogP contribution < -0.4 is 5.32 Å². The number of benzene rings is 1. The number of aliphatic carboxylic acids is 1. The molecule has 0 saturated heterocycles. The highest BCUT2D eigenvalue weighted by Gasteiger charge is 2.27. The average Bonchev–Trinajstić information content (AvgIpc) is 2.42. The Morgan fingerprint density at radius 2 is 1.81 bits per heavy atom. The van der Waals surface area contributed by atoms with Crippen LogP contribution in [0.5, 0.6) is 0 Å². The van der Waals surface area contributed by atoms with E-state index in [1.165, 1.54) is 11.8 Å². The fourth-order valence-corrected chi connectivity index (χ4v) is 2.44. The highest BCUT2D eigenvalue weighted by molar-refractivity contribution is 8.01. The lowest BCUT2D eigenvalue weighted by Gasteiger charge is -2.24. The van der Waals surface area contributed by atoms with Crippen molar-refractivity contribution in [2.24, 2.45) is 5.92 Å². The molecule has 0 heterocycles. The molecular weight excluding hydrogens is 286 g/mol. The van der Waals surface area contributed by atoms with Crippen molar-refractivity contribution in [2.75, 3.05) is 5.75 Å². The van der Waals surface area contributed by atoms with Gasteiger partial charge in [0.15, 0.2) is 0 Å². The molecule has 2 N–H and O–H groups in total. The first-order valence-corrected chi connectivity index (χ1v) is 7.90. The van der Waals surface area contributed by atoms with Gasteiger partial charge in [0.2, 0.25) is 5.91 Å². The Bertz CT molecular complexity index is 482. The van der Waals surface area contributed by atoms with Crippen molar-refractivity contribution in [3.8, 4) is 0 Å². The molecule has 0 aliphatic carbocycles. The monoisotopic (exact) mass is 309 g/mol. The maximum Gasteiger partial charge on any atom is 0.308 e. The summed E-state index contributed by atoms with van der Waals surface area (Å²) in [5, 5.41) is 12.1. The summed E-state index contributed by atoms with van der Waals surface area (Å²) in [4.78, 5) is 23.3. The van der Waals surface area contributed by atoms with E-state index in [-0.39, 0.29) is 10.7 Å². The van der Waals surface area contributed by atoms with Crippen molar-refractivity contribution < 1.29 is 14.7 Å². The lowest BCUT2D eigenvalue weighted by Crippen LogP contribution is -2.37. The number of hydrogen-bond donors (Lipinski definition) is 2. The van der Waals surface area contributed by atoms with E-state index in [1.807, 2.05) is 51.1 Å². The second-order valence-electron chi connectivity index (χ2n) is 5.98. The first kappa shape index (κ1) is 17.6. The van der Waals surface area contributed by atoms with Crippen molar-refractivity contribution in [3.05, 3.63) is 35.9 Å². The smallest absolute Gasteiger partial charge is 0.308 e. The molecule has 5 heteroatoms. The van der Waals surface area contributed by atoms with Crippen molar-refractivity contribution in [2.45, 2.75) is 38.5 Å². The first-order valence-electron chi connectivity index (χ1n) is 6.92. The predicted octanol–water partition coefficient (Wildman–Crippen LogP) is 3.10. The first-order chi connectivity index (χ1) is 9.70. The third kappa shape index (κ3) is 6.21. The number of hydrogen-bond acceptors (Lipinski definition) is 3. The molecule has 1 aromatic carbocycles. The number of amides is 1. The van der Waals surface area contributed by atoms with Crippen LogP contribution in [0.3, 0.4) is 0 Å². The van der Waals surface area contributed by atoms with Crippen molar-refractivity contribution in [1.29, 1.82) is 0 Å². The van der Waals surface area contributed by atoms with E-state index in [9.17, 15) is 14.7 Å². The van der Waals surface area contributed by atoms with Crippen molar-refractivity contribution in [1.82, 2.24) is 5.32 Å². The van der Waals surface area contributed by atoms with Gasteiger partial charge in [-0.05, 0) is 12.5 Å². The van der Waals surface area contributed by atoms with E-state index in [2.05, 4.69) is 5.32 Å². The van der Waals surface area contributed by atoms with Crippen LogP contribution in [0.25, 0.3) is 0 Å². The summed E-state index contributed by atoms with van der Waals surface area (Å²) in [7, 11) is 0. The van der Waals surface area contributed by atoms with Gasteiger partial charge in [-0.15, -0.1) is 11.8 Å². The summed E-state index contributed by atoms with van der Waals surface area (Å²) >= 11 is 1.54. The van der Waals surface area contributed by atoms with E-state index in [1.54, 1.807) is 6.92 Å². The van der Waals surface area contributed by atoms with Crippen LogP contribution in [0, 0.1) is 5.92 Å². The molecule has 1 aromatic rings. The van der Waals surface area contributed by atoms with E-state index < -0.39 is 17.9 Å². The minimum atomic E-state index is -0.923. The van der Waals surface area contributed by atoms with Gasteiger partial charge in [-0.3, -0.25) is 9.59 Å². The number of carboxylic acid groups (broad SMARTS) is 1. The Morgan fingerprint density at radius 1 is 1.24 bits per heavy atom. The average molecular weight is 309 g/mol. The molecule has 2 unspecified atom stereocenters. The van der Waals surface area contributed by atoms with Crippen LogP contribution in [-0.2, 0) is 9.59 Å². The zero-order chi connectivity index (χ0) is 16.0. The minimum Gasteiger partial charge on any atom is -0.481 e. The molecule has 1 amide bonds. The van der Waals surface area contributed by atoms with Gasteiger partial charge in [0.25, 0.3) is 0 Å². The van der Waals surface area contributed by atoms with E-state index in [0.717, 1.165) is 5.56 Å². The Kier molecular flexibility index (Phi) is 6.27. The maximum absolute atomic E-state index is 12.1. The molecule has 0 saturated carbocycles. The lowest BCUT2D eigenvalue weighted by molar-refractivity contribution is -0.142. The highest BCUT2D eigenvalue weighted by Crippen LogP contribution is 2.25. The summed E-state index contributed by atoms with van der Waals surface area (Å²) in [5.41, 5.74) is 0.807. The number of thioether (sulfide) groups is 1. The molecule has 0 spiro atoms. The Balaban J connectivity index is 2.79. The second-order valence-corrected chi connectivity index (χ2v) is 7.79. The normalized spacial score (nSPS) is 14.3. The number of nitrogens with one attached hydrogen (secondary N) is 1. The summed E-state index contributed by atoms with van der Waals surface area (Å²) in [6.07, 6.45) is 0. The van der Waals surface area contributed by atoms with Gasteiger partial charge in [-0.1, -0.05) is 51.1 Å². The molecule has 0 aliphatic rings. The Morgan fingerprint density at radius 3 is 2.29 bits per heavy atom. The van der Waals surface area contributed by atoms with Gasteiger partial charge in [-0.2, -0.15) is 0 Å². The topological polar surface area (TPSA) is 66.4 Å². The fraction of sp³-hybridized carbons (Fsp3) is 0.500. The number of carbonyl (C=O) groups is 2. The van der Waals surface area contributed by atoms with Gasteiger partial charge in [0.05, 0.1) is 17.7 Å². The third-order valence-electron chi connectivity index (χ3n) is 3.00. The van der Waals surface area contributed by atoms with Crippen LogP contribution in [0.2, 0.25) is 0 Å². The standard InChI is InChI=1S/C16H23NO3S/c1-11(15(19)20)14(12-8-6-5-7-9-12)17-13(18)10-21-16(2,3)4/h5-9,11,14H,10H2,1-4H3,(H,17,18)(H,19,20). The SMILES string of the molecule is CC(C(=O)O)C(NC(=O)CSC(C)(C)C)c1ccccc1. The maximum atomic E-state index is 12.1. The fourth-order valence-electron chi connectivity index (χ4n) is 1.80. The van der Waals surface area contributed by atoms with Gasteiger partial charge in [-0.25, -0.2) is 0 Å². The van der Waals surface area contributed by atoms with E-state index in [0.29, 0.717) is 5.75 Å². The molecule has 1 rings (SSSR count). The molecule has 4 nitrogen and oxygen atoms in total. The van der Waals surface area contributed by atoms with Crippen LogP contribution in [-0.4, -0.2) is 27.5 Å². The minimum absolute atomic E-state index is 0.00199. The summed E-state index contributed by atoms with van der Waals surface area (Å²) in [5.74, 6) is -1.43. The van der Waals surface area contributed by atoms with Gasteiger partial charge in [0, 0.05) is 4.75 Å². The number of carbonyl (C=O) groups excluding carboxylic acids is 1. The molecule has 0 fully saturated rings. The lowest BCUT2D eigenvalue weighted by atomic mass is 9.94. The molecule has 0 aliphatic heterocycles.